The van der Waals surface area contributed by atoms with Crippen LogP contribution in [0.25, 0.3) is 0 Å². The van der Waals surface area contributed by atoms with E-state index in [2.05, 4.69) is 10.6 Å². The molecule has 1 saturated heterocycles. The van der Waals surface area contributed by atoms with Gasteiger partial charge in [-0.05, 0) is 24.5 Å². The molecule has 2 N–H and O–H groups in total. The molecule has 1 amide bonds. The van der Waals surface area contributed by atoms with E-state index in [1.807, 2.05) is 24.3 Å². The fraction of sp³-hybridized carbons (Fsp3) is 0.500. The number of nitrogens with one attached hydrogen (secondary N) is 2. The summed E-state index contributed by atoms with van der Waals surface area (Å²) in [6.07, 6.45) is 1.73. The topological polar surface area (TPSA) is 75.3 Å². The minimum atomic E-state index is -2.88. The average Bonchev–Trinajstić information content (AvgIpc) is 2.85. The first-order chi connectivity index (χ1) is 9.53. The number of hydrogen-bond acceptors (Lipinski definition) is 4. The van der Waals surface area contributed by atoms with Gasteiger partial charge in [0, 0.05) is 18.2 Å². The highest BCUT2D eigenvalue weighted by molar-refractivity contribution is 7.91. The molecule has 2 aliphatic rings. The lowest BCUT2D eigenvalue weighted by Gasteiger charge is -2.24. The van der Waals surface area contributed by atoms with Gasteiger partial charge in [0.25, 0.3) is 0 Å². The van der Waals surface area contributed by atoms with E-state index in [9.17, 15) is 13.2 Å². The number of carbonyl (C=O) groups excluding carboxylic acids is 1. The van der Waals surface area contributed by atoms with Crippen LogP contribution in [0, 0.1) is 0 Å². The van der Waals surface area contributed by atoms with E-state index < -0.39 is 9.84 Å². The number of hydrogen-bond donors (Lipinski definition) is 2. The van der Waals surface area contributed by atoms with Crippen molar-refractivity contribution in [2.75, 3.05) is 16.8 Å². The predicted molar refractivity (Wildman–Crippen MR) is 77.4 cm³/mol. The van der Waals surface area contributed by atoms with Gasteiger partial charge in [-0.15, -0.1) is 0 Å². The Kier molecular flexibility index (Phi) is 3.41. The zero-order valence-corrected chi connectivity index (χ0v) is 11.9. The van der Waals surface area contributed by atoms with Crippen LogP contribution in [0.1, 0.15) is 18.4 Å². The van der Waals surface area contributed by atoms with Gasteiger partial charge in [0.2, 0.25) is 5.91 Å². The number of fused-ring (bicyclic) bond motifs is 1. The summed E-state index contributed by atoms with van der Waals surface area (Å²) >= 11 is 0. The summed E-state index contributed by atoms with van der Waals surface area (Å²) in [5, 5.41) is 6.18. The summed E-state index contributed by atoms with van der Waals surface area (Å²) in [5.41, 5.74) is 2.16. The van der Waals surface area contributed by atoms with Gasteiger partial charge in [-0.3, -0.25) is 4.79 Å². The van der Waals surface area contributed by atoms with Crippen LogP contribution in [0.5, 0.6) is 0 Å². The highest BCUT2D eigenvalue weighted by Gasteiger charge is 2.30. The number of para-hydroxylation sites is 1. The lowest BCUT2D eigenvalue weighted by atomic mass is 10.1. The van der Waals surface area contributed by atoms with E-state index in [-0.39, 0.29) is 29.5 Å². The molecule has 20 heavy (non-hydrogen) atoms. The molecular weight excluding hydrogens is 276 g/mol. The maximum absolute atomic E-state index is 12.2. The van der Waals surface area contributed by atoms with Crippen molar-refractivity contribution in [1.82, 2.24) is 5.32 Å². The van der Waals surface area contributed by atoms with Crippen molar-refractivity contribution in [2.24, 2.45) is 0 Å². The van der Waals surface area contributed by atoms with E-state index in [1.54, 1.807) is 0 Å². The Morgan fingerprint density at radius 2 is 1.90 bits per heavy atom. The second-order valence-electron chi connectivity index (χ2n) is 5.49. The smallest absolute Gasteiger partial charge is 0.243 e. The first-order valence-corrected chi connectivity index (χ1v) is 8.71. The Morgan fingerprint density at radius 1 is 1.20 bits per heavy atom. The maximum Gasteiger partial charge on any atom is 0.243 e. The zero-order valence-electron chi connectivity index (χ0n) is 11.1. The largest absolute Gasteiger partial charge is 0.373 e. The van der Waals surface area contributed by atoms with Crippen molar-refractivity contribution in [3.63, 3.8) is 0 Å². The normalized spacial score (nSPS) is 24.7. The van der Waals surface area contributed by atoms with Crippen molar-refractivity contribution in [1.29, 1.82) is 0 Å². The van der Waals surface area contributed by atoms with Crippen LogP contribution in [0.15, 0.2) is 24.3 Å². The Hall–Kier alpha value is -1.56. The Balaban J connectivity index is 1.57. The quantitative estimate of drug-likeness (QED) is 0.842. The minimum absolute atomic E-state index is 0.0171. The third kappa shape index (κ3) is 2.80. The summed E-state index contributed by atoms with van der Waals surface area (Å²) < 4.78 is 22.7. The molecule has 3 rings (SSSR count). The fourth-order valence-electron chi connectivity index (χ4n) is 2.79. The van der Waals surface area contributed by atoms with E-state index in [4.69, 9.17) is 0 Å². The van der Waals surface area contributed by atoms with Crippen LogP contribution in [0.3, 0.4) is 0 Å². The van der Waals surface area contributed by atoms with E-state index in [0.29, 0.717) is 19.3 Å². The van der Waals surface area contributed by atoms with Crippen LogP contribution in [0.2, 0.25) is 0 Å². The SMILES string of the molecule is O=C(NC1CCS(=O)(=O)CC1)[C@@H]1Cc2ccccc2N1. The monoisotopic (exact) mass is 294 g/mol. The van der Waals surface area contributed by atoms with Gasteiger partial charge >= 0.3 is 0 Å². The van der Waals surface area contributed by atoms with E-state index in [1.165, 1.54) is 0 Å². The molecule has 0 aromatic heterocycles. The van der Waals surface area contributed by atoms with Crippen LogP contribution in [-0.4, -0.2) is 37.9 Å². The van der Waals surface area contributed by atoms with Crippen LogP contribution < -0.4 is 10.6 Å². The first-order valence-electron chi connectivity index (χ1n) is 6.89. The van der Waals surface area contributed by atoms with Gasteiger partial charge in [-0.2, -0.15) is 0 Å². The number of benzene rings is 1. The molecule has 1 fully saturated rings. The van der Waals surface area contributed by atoms with Crippen LogP contribution in [0.4, 0.5) is 5.69 Å². The second-order valence-corrected chi connectivity index (χ2v) is 7.80. The number of amides is 1. The molecule has 1 atom stereocenters. The molecule has 5 nitrogen and oxygen atoms in total. The Labute approximate surface area is 118 Å². The van der Waals surface area contributed by atoms with Gasteiger partial charge < -0.3 is 10.6 Å². The molecule has 0 unspecified atom stereocenters. The van der Waals surface area contributed by atoms with Crippen molar-refractivity contribution in [2.45, 2.75) is 31.3 Å². The summed E-state index contributed by atoms with van der Waals surface area (Å²) in [4.78, 5) is 12.2. The van der Waals surface area contributed by atoms with E-state index >= 15 is 0 Å². The minimum Gasteiger partial charge on any atom is -0.373 e. The fourth-order valence-corrected chi connectivity index (χ4v) is 4.28. The Morgan fingerprint density at radius 3 is 2.60 bits per heavy atom. The van der Waals surface area contributed by atoms with Gasteiger partial charge in [0.05, 0.1) is 11.5 Å². The lowest BCUT2D eigenvalue weighted by Crippen LogP contribution is -2.46. The van der Waals surface area contributed by atoms with Gasteiger partial charge in [-0.1, -0.05) is 18.2 Å². The molecule has 0 saturated carbocycles. The molecule has 0 aliphatic carbocycles. The summed E-state index contributed by atoms with van der Waals surface area (Å²) in [6, 6.07) is 7.63. The second kappa shape index (κ2) is 5.09. The van der Waals surface area contributed by atoms with Gasteiger partial charge in [0.1, 0.15) is 15.9 Å². The standard InChI is InChI=1S/C14H18N2O3S/c17-14(15-11-5-7-20(18,19)8-6-11)13-9-10-3-1-2-4-12(10)16-13/h1-4,11,13,16H,5-9H2,(H,15,17)/t13-/m0/s1. The van der Waals surface area contributed by atoms with Gasteiger partial charge in [0.15, 0.2) is 0 Å². The van der Waals surface area contributed by atoms with Crippen molar-refractivity contribution in [3.8, 4) is 0 Å². The molecule has 1 aromatic rings. The number of sulfone groups is 1. The highest BCUT2D eigenvalue weighted by Crippen LogP contribution is 2.25. The van der Waals surface area contributed by atoms with Crippen molar-refractivity contribution < 1.29 is 13.2 Å². The predicted octanol–water partition coefficient (Wildman–Crippen LogP) is 0.717. The summed E-state index contributed by atoms with van der Waals surface area (Å²) in [5.74, 6) is 0.317. The third-order valence-corrected chi connectivity index (χ3v) is 5.70. The molecule has 108 valence electrons. The summed E-state index contributed by atoms with van der Waals surface area (Å²) in [7, 11) is -2.88. The molecular formula is C14H18N2O3S. The molecule has 0 bridgehead atoms. The van der Waals surface area contributed by atoms with Gasteiger partial charge in [-0.25, -0.2) is 8.42 Å². The molecule has 0 spiro atoms. The molecule has 0 radical (unpaired) electrons. The maximum atomic E-state index is 12.2. The van der Waals surface area contributed by atoms with Crippen molar-refractivity contribution in [3.05, 3.63) is 29.8 Å². The number of carbonyl (C=O) groups is 1. The number of rotatable bonds is 2. The highest BCUT2D eigenvalue weighted by atomic mass is 32.2. The molecule has 2 heterocycles. The van der Waals surface area contributed by atoms with Crippen molar-refractivity contribution >= 4 is 21.4 Å². The number of anilines is 1. The van der Waals surface area contributed by atoms with Crippen LogP contribution >= 0.6 is 0 Å². The van der Waals surface area contributed by atoms with Crippen LogP contribution in [-0.2, 0) is 21.1 Å². The molecule has 1 aromatic carbocycles. The summed E-state index contributed by atoms with van der Waals surface area (Å²) in [6.45, 7) is 0. The molecule has 2 aliphatic heterocycles. The zero-order chi connectivity index (χ0) is 14.2. The Bertz CT molecular complexity index is 588. The van der Waals surface area contributed by atoms with E-state index in [0.717, 1.165) is 11.3 Å². The lowest BCUT2D eigenvalue weighted by molar-refractivity contribution is -0.122. The third-order valence-electron chi connectivity index (χ3n) is 3.99. The average molecular weight is 294 g/mol. The first kappa shape index (κ1) is 13.4. The molecule has 6 heteroatoms.